The molecule has 0 spiro atoms. The number of aromatic amines is 1. The number of aromatic nitrogens is 1. The standard InChI is InChI=1S/C8H10N2/c1-3-7(9-5-1)8-4-2-6-10-8/h1,3,5,9H,2,4,6H2. The van der Waals surface area contributed by atoms with Crippen molar-refractivity contribution in [1.29, 1.82) is 0 Å². The van der Waals surface area contributed by atoms with Crippen LogP contribution < -0.4 is 0 Å². The third-order valence-electron chi connectivity index (χ3n) is 1.78. The van der Waals surface area contributed by atoms with E-state index < -0.39 is 0 Å². The minimum absolute atomic E-state index is 1.01. The summed E-state index contributed by atoms with van der Waals surface area (Å²) in [4.78, 5) is 7.51. The zero-order valence-corrected chi connectivity index (χ0v) is 5.80. The van der Waals surface area contributed by atoms with Crippen LogP contribution in [-0.2, 0) is 0 Å². The molecule has 0 bridgehead atoms. The first kappa shape index (κ1) is 5.71. The molecule has 1 aliphatic rings. The fourth-order valence-corrected chi connectivity index (χ4v) is 1.27. The van der Waals surface area contributed by atoms with Crippen molar-refractivity contribution in [1.82, 2.24) is 4.98 Å². The Hall–Kier alpha value is -1.05. The first-order valence-corrected chi connectivity index (χ1v) is 3.64. The first-order valence-electron chi connectivity index (χ1n) is 3.64. The van der Waals surface area contributed by atoms with Crippen LogP contribution in [0.1, 0.15) is 18.5 Å². The third-order valence-corrected chi connectivity index (χ3v) is 1.78. The van der Waals surface area contributed by atoms with Gasteiger partial charge in [0.15, 0.2) is 0 Å². The number of nitrogens with zero attached hydrogens (tertiary/aromatic N) is 1. The second-order valence-corrected chi connectivity index (χ2v) is 2.52. The maximum Gasteiger partial charge on any atom is 0.0594 e. The molecule has 0 amide bonds. The Morgan fingerprint density at radius 3 is 3.10 bits per heavy atom. The summed E-state index contributed by atoms with van der Waals surface area (Å²) in [6.07, 6.45) is 4.30. The molecule has 0 atom stereocenters. The van der Waals surface area contributed by atoms with Crippen LogP contribution in [0.5, 0.6) is 0 Å². The van der Waals surface area contributed by atoms with Gasteiger partial charge in [0.05, 0.1) is 11.4 Å². The Morgan fingerprint density at radius 1 is 1.50 bits per heavy atom. The topological polar surface area (TPSA) is 28.1 Å². The summed E-state index contributed by atoms with van der Waals surface area (Å²) < 4.78 is 0. The fraction of sp³-hybridized carbons (Fsp3) is 0.375. The quantitative estimate of drug-likeness (QED) is 0.604. The molecule has 0 aromatic carbocycles. The van der Waals surface area contributed by atoms with Crippen LogP contribution in [0, 0.1) is 0 Å². The molecule has 1 aromatic heterocycles. The summed E-state index contributed by atoms with van der Waals surface area (Å²) in [5.74, 6) is 0. The van der Waals surface area contributed by atoms with Gasteiger partial charge in [0.1, 0.15) is 0 Å². The predicted octanol–water partition coefficient (Wildman–Crippen LogP) is 1.60. The van der Waals surface area contributed by atoms with Gasteiger partial charge in [-0.05, 0) is 25.0 Å². The smallest absolute Gasteiger partial charge is 0.0594 e. The molecule has 52 valence electrons. The van der Waals surface area contributed by atoms with Crippen LogP contribution in [0.2, 0.25) is 0 Å². The highest BCUT2D eigenvalue weighted by Gasteiger charge is 2.07. The number of nitrogens with one attached hydrogen (secondary N) is 1. The van der Waals surface area contributed by atoms with Gasteiger partial charge in [0, 0.05) is 12.7 Å². The van der Waals surface area contributed by atoms with Crippen molar-refractivity contribution in [3.05, 3.63) is 24.0 Å². The molecule has 0 fully saturated rings. The Labute approximate surface area is 60.0 Å². The van der Waals surface area contributed by atoms with E-state index in [1.165, 1.54) is 17.8 Å². The lowest BCUT2D eigenvalue weighted by Crippen LogP contribution is -1.94. The Morgan fingerprint density at radius 2 is 2.50 bits per heavy atom. The molecule has 1 aromatic rings. The van der Waals surface area contributed by atoms with Crippen molar-refractivity contribution < 1.29 is 0 Å². The fourth-order valence-electron chi connectivity index (χ4n) is 1.27. The van der Waals surface area contributed by atoms with Crippen molar-refractivity contribution in [2.45, 2.75) is 12.8 Å². The number of H-pyrrole nitrogens is 1. The van der Waals surface area contributed by atoms with Crippen LogP contribution in [-0.4, -0.2) is 17.2 Å². The van der Waals surface area contributed by atoms with Crippen LogP contribution in [0.4, 0.5) is 0 Å². The second-order valence-electron chi connectivity index (χ2n) is 2.52. The SMILES string of the molecule is c1c[nH]c(C2=NCCC2)c1. The molecule has 2 heteroatoms. The first-order chi connectivity index (χ1) is 4.97. The van der Waals surface area contributed by atoms with Gasteiger partial charge in [-0.25, -0.2) is 0 Å². The molecule has 1 aliphatic heterocycles. The zero-order valence-electron chi connectivity index (χ0n) is 5.80. The largest absolute Gasteiger partial charge is 0.360 e. The van der Waals surface area contributed by atoms with E-state index in [1.54, 1.807) is 0 Å². The van der Waals surface area contributed by atoms with Gasteiger partial charge in [0.2, 0.25) is 0 Å². The van der Waals surface area contributed by atoms with E-state index in [-0.39, 0.29) is 0 Å². The molecule has 1 N–H and O–H groups in total. The molecule has 0 saturated carbocycles. The van der Waals surface area contributed by atoms with Crippen LogP contribution in [0.3, 0.4) is 0 Å². The normalized spacial score (nSPS) is 17.4. The molecule has 0 aliphatic carbocycles. The van der Waals surface area contributed by atoms with E-state index in [0.29, 0.717) is 0 Å². The highest BCUT2D eigenvalue weighted by atomic mass is 14.8. The van der Waals surface area contributed by atoms with E-state index in [9.17, 15) is 0 Å². The maximum absolute atomic E-state index is 4.36. The number of rotatable bonds is 1. The van der Waals surface area contributed by atoms with Gasteiger partial charge in [-0.3, -0.25) is 4.99 Å². The van der Waals surface area contributed by atoms with Gasteiger partial charge in [0.25, 0.3) is 0 Å². The summed E-state index contributed by atoms with van der Waals surface area (Å²) >= 11 is 0. The van der Waals surface area contributed by atoms with E-state index >= 15 is 0 Å². The molecule has 2 rings (SSSR count). The van der Waals surface area contributed by atoms with E-state index in [0.717, 1.165) is 13.0 Å². The molecule has 0 saturated heterocycles. The maximum atomic E-state index is 4.36. The number of hydrogen-bond donors (Lipinski definition) is 1. The Kier molecular flexibility index (Phi) is 1.31. The van der Waals surface area contributed by atoms with E-state index in [2.05, 4.69) is 16.0 Å². The second kappa shape index (κ2) is 2.29. The van der Waals surface area contributed by atoms with Crippen LogP contribution in [0.25, 0.3) is 0 Å². The molecular weight excluding hydrogens is 124 g/mol. The van der Waals surface area contributed by atoms with Crippen molar-refractivity contribution in [3.8, 4) is 0 Å². The summed E-state index contributed by atoms with van der Waals surface area (Å²) in [7, 11) is 0. The van der Waals surface area contributed by atoms with Gasteiger partial charge in [-0.15, -0.1) is 0 Å². The zero-order chi connectivity index (χ0) is 6.81. The predicted molar refractivity (Wildman–Crippen MR) is 41.4 cm³/mol. The van der Waals surface area contributed by atoms with Crippen molar-refractivity contribution >= 4 is 5.71 Å². The molecule has 0 radical (unpaired) electrons. The van der Waals surface area contributed by atoms with Gasteiger partial charge < -0.3 is 4.98 Å². The van der Waals surface area contributed by atoms with Crippen molar-refractivity contribution in [3.63, 3.8) is 0 Å². The number of aliphatic imine (C=N–C) groups is 1. The molecule has 2 heterocycles. The third kappa shape index (κ3) is 0.856. The minimum Gasteiger partial charge on any atom is -0.360 e. The molecule has 10 heavy (non-hydrogen) atoms. The van der Waals surface area contributed by atoms with Crippen molar-refractivity contribution in [2.24, 2.45) is 4.99 Å². The molecule has 2 nitrogen and oxygen atoms in total. The van der Waals surface area contributed by atoms with Gasteiger partial charge in [-0.1, -0.05) is 0 Å². The van der Waals surface area contributed by atoms with Gasteiger partial charge in [-0.2, -0.15) is 0 Å². The molecule has 0 unspecified atom stereocenters. The van der Waals surface area contributed by atoms with Gasteiger partial charge >= 0.3 is 0 Å². The lowest BCUT2D eigenvalue weighted by Gasteiger charge is -1.92. The Bertz CT molecular complexity index is 234. The monoisotopic (exact) mass is 134 g/mol. The summed E-state index contributed by atoms with van der Waals surface area (Å²) in [5.41, 5.74) is 2.43. The summed E-state index contributed by atoms with van der Waals surface area (Å²) in [5, 5.41) is 0. The highest BCUT2D eigenvalue weighted by molar-refractivity contribution is 5.99. The lowest BCUT2D eigenvalue weighted by atomic mass is 10.2. The van der Waals surface area contributed by atoms with E-state index in [1.807, 2.05) is 12.3 Å². The highest BCUT2D eigenvalue weighted by Crippen LogP contribution is 2.10. The summed E-state index contributed by atoms with van der Waals surface area (Å²) in [6.45, 7) is 1.01. The van der Waals surface area contributed by atoms with Crippen LogP contribution >= 0.6 is 0 Å². The average Bonchev–Trinajstić information content (AvgIpc) is 2.59. The lowest BCUT2D eigenvalue weighted by molar-refractivity contribution is 0.951. The average molecular weight is 134 g/mol. The Balaban J connectivity index is 2.28. The minimum atomic E-state index is 1.01. The van der Waals surface area contributed by atoms with Crippen molar-refractivity contribution in [2.75, 3.05) is 6.54 Å². The van der Waals surface area contributed by atoms with E-state index in [4.69, 9.17) is 0 Å². The number of hydrogen-bond acceptors (Lipinski definition) is 1. The summed E-state index contributed by atoms with van der Waals surface area (Å²) in [6, 6.07) is 4.08. The van der Waals surface area contributed by atoms with Crippen LogP contribution in [0.15, 0.2) is 23.3 Å². The molecular formula is C8H10N2.